The number of hydrogen-bond donors (Lipinski definition) is 1. The third-order valence-electron chi connectivity index (χ3n) is 3.23. The standard InChI is InChI=1S/C17H20O3/c1-13-5-3-8-17(9-13)20-12-15(11-18)14-6-4-7-16(10-14)19-2/h3-10,15,18H,11-12H2,1-2H3. The largest absolute Gasteiger partial charge is 0.497 e. The van der Waals surface area contributed by atoms with Gasteiger partial charge in [-0.3, -0.25) is 0 Å². The summed E-state index contributed by atoms with van der Waals surface area (Å²) in [7, 11) is 1.64. The van der Waals surface area contributed by atoms with E-state index in [0.717, 1.165) is 22.6 Å². The van der Waals surface area contributed by atoms with Crippen LogP contribution in [0.5, 0.6) is 11.5 Å². The van der Waals surface area contributed by atoms with Gasteiger partial charge in [0.1, 0.15) is 11.5 Å². The Bertz CT molecular complexity index is 551. The maximum atomic E-state index is 9.55. The van der Waals surface area contributed by atoms with Crippen LogP contribution in [-0.2, 0) is 0 Å². The van der Waals surface area contributed by atoms with E-state index in [1.165, 1.54) is 0 Å². The van der Waals surface area contributed by atoms with Gasteiger partial charge in [0, 0.05) is 5.92 Å². The first kappa shape index (κ1) is 14.4. The second kappa shape index (κ2) is 6.96. The molecule has 1 N–H and O–H groups in total. The second-order valence-corrected chi connectivity index (χ2v) is 4.78. The number of methoxy groups -OCH3 is 1. The molecule has 0 radical (unpaired) electrons. The zero-order chi connectivity index (χ0) is 14.4. The summed E-state index contributed by atoms with van der Waals surface area (Å²) in [5, 5.41) is 9.55. The van der Waals surface area contributed by atoms with E-state index >= 15 is 0 Å². The van der Waals surface area contributed by atoms with Crippen molar-refractivity contribution in [1.82, 2.24) is 0 Å². The molecule has 0 saturated carbocycles. The molecule has 0 bridgehead atoms. The highest BCUT2D eigenvalue weighted by Gasteiger charge is 2.12. The predicted octanol–water partition coefficient (Wildman–Crippen LogP) is 3.16. The van der Waals surface area contributed by atoms with Crippen LogP contribution in [0.15, 0.2) is 48.5 Å². The summed E-state index contributed by atoms with van der Waals surface area (Å²) in [6, 6.07) is 15.6. The monoisotopic (exact) mass is 272 g/mol. The fourth-order valence-corrected chi connectivity index (χ4v) is 2.05. The molecule has 0 heterocycles. The van der Waals surface area contributed by atoms with Gasteiger partial charge in [-0.25, -0.2) is 0 Å². The number of hydrogen-bond acceptors (Lipinski definition) is 3. The quantitative estimate of drug-likeness (QED) is 0.878. The minimum atomic E-state index is -0.0642. The second-order valence-electron chi connectivity index (χ2n) is 4.78. The number of aliphatic hydroxyl groups is 1. The zero-order valence-electron chi connectivity index (χ0n) is 11.9. The van der Waals surface area contributed by atoms with Crippen LogP contribution < -0.4 is 9.47 Å². The van der Waals surface area contributed by atoms with Crippen molar-refractivity contribution in [1.29, 1.82) is 0 Å². The Labute approximate surface area is 119 Å². The van der Waals surface area contributed by atoms with E-state index in [2.05, 4.69) is 0 Å². The Morgan fingerprint density at radius 1 is 1.05 bits per heavy atom. The van der Waals surface area contributed by atoms with Gasteiger partial charge in [-0.05, 0) is 42.3 Å². The Morgan fingerprint density at radius 3 is 2.50 bits per heavy atom. The van der Waals surface area contributed by atoms with E-state index in [4.69, 9.17) is 9.47 Å². The zero-order valence-corrected chi connectivity index (χ0v) is 11.9. The van der Waals surface area contributed by atoms with E-state index in [-0.39, 0.29) is 12.5 Å². The summed E-state index contributed by atoms with van der Waals surface area (Å²) in [6.45, 7) is 2.50. The lowest BCUT2D eigenvalue weighted by Gasteiger charge is -2.16. The predicted molar refractivity (Wildman–Crippen MR) is 79.5 cm³/mol. The number of aryl methyl sites for hydroxylation is 1. The highest BCUT2D eigenvalue weighted by molar-refractivity contribution is 5.31. The van der Waals surface area contributed by atoms with Crippen molar-refractivity contribution < 1.29 is 14.6 Å². The summed E-state index contributed by atoms with van der Waals surface area (Å²) in [5.41, 5.74) is 2.17. The van der Waals surface area contributed by atoms with Crippen LogP contribution in [0.2, 0.25) is 0 Å². The van der Waals surface area contributed by atoms with Gasteiger partial charge < -0.3 is 14.6 Å². The van der Waals surface area contributed by atoms with Gasteiger partial charge >= 0.3 is 0 Å². The molecule has 1 unspecified atom stereocenters. The van der Waals surface area contributed by atoms with Crippen molar-refractivity contribution in [2.24, 2.45) is 0 Å². The molecule has 3 heteroatoms. The first-order valence-corrected chi connectivity index (χ1v) is 6.67. The topological polar surface area (TPSA) is 38.7 Å². The number of aliphatic hydroxyl groups excluding tert-OH is 1. The summed E-state index contributed by atoms with van der Waals surface area (Å²) in [6.07, 6.45) is 0. The molecule has 3 nitrogen and oxygen atoms in total. The highest BCUT2D eigenvalue weighted by Crippen LogP contribution is 2.22. The van der Waals surface area contributed by atoms with Crippen molar-refractivity contribution in [3.8, 4) is 11.5 Å². The molecule has 0 saturated heterocycles. The molecule has 2 aromatic carbocycles. The lowest BCUT2D eigenvalue weighted by molar-refractivity contribution is 0.205. The van der Waals surface area contributed by atoms with Gasteiger partial charge in [0.25, 0.3) is 0 Å². The van der Waals surface area contributed by atoms with Crippen LogP contribution in [0.3, 0.4) is 0 Å². The average Bonchev–Trinajstić information content (AvgIpc) is 2.48. The molecule has 2 aromatic rings. The summed E-state index contributed by atoms with van der Waals surface area (Å²) < 4.78 is 11.0. The van der Waals surface area contributed by atoms with Gasteiger partial charge in [0.2, 0.25) is 0 Å². The molecule has 2 rings (SSSR count). The molecule has 106 valence electrons. The fraction of sp³-hybridized carbons (Fsp3) is 0.294. The molecule has 0 aliphatic carbocycles. The first-order chi connectivity index (χ1) is 9.72. The van der Waals surface area contributed by atoms with Gasteiger partial charge in [0.15, 0.2) is 0 Å². The van der Waals surface area contributed by atoms with Crippen LogP contribution >= 0.6 is 0 Å². The molecule has 0 aromatic heterocycles. The molecule has 0 amide bonds. The molecule has 0 fully saturated rings. The normalized spacial score (nSPS) is 11.9. The fourth-order valence-electron chi connectivity index (χ4n) is 2.05. The Morgan fingerprint density at radius 2 is 1.80 bits per heavy atom. The Hall–Kier alpha value is -2.00. The first-order valence-electron chi connectivity index (χ1n) is 6.67. The molecule has 0 spiro atoms. The summed E-state index contributed by atoms with van der Waals surface area (Å²) in [5.74, 6) is 1.55. The SMILES string of the molecule is COc1cccc(C(CO)COc2cccc(C)c2)c1. The molecular weight excluding hydrogens is 252 g/mol. The van der Waals surface area contributed by atoms with Crippen molar-refractivity contribution in [3.63, 3.8) is 0 Å². The maximum absolute atomic E-state index is 9.55. The smallest absolute Gasteiger partial charge is 0.119 e. The van der Waals surface area contributed by atoms with E-state index in [0.29, 0.717) is 6.61 Å². The van der Waals surface area contributed by atoms with E-state index in [9.17, 15) is 5.11 Å². The third-order valence-corrected chi connectivity index (χ3v) is 3.23. The maximum Gasteiger partial charge on any atom is 0.119 e. The molecule has 0 aliphatic rings. The van der Waals surface area contributed by atoms with Crippen molar-refractivity contribution in [2.75, 3.05) is 20.3 Å². The number of rotatable bonds is 6. The third kappa shape index (κ3) is 3.75. The lowest BCUT2D eigenvalue weighted by atomic mass is 10.0. The molecular formula is C17H20O3. The van der Waals surface area contributed by atoms with Gasteiger partial charge in [-0.15, -0.1) is 0 Å². The van der Waals surface area contributed by atoms with Crippen molar-refractivity contribution in [3.05, 3.63) is 59.7 Å². The Balaban J connectivity index is 2.05. The van der Waals surface area contributed by atoms with Gasteiger partial charge in [-0.1, -0.05) is 24.3 Å². The van der Waals surface area contributed by atoms with Gasteiger partial charge in [-0.2, -0.15) is 0 Å². The summed E-state index contributed by atoms with van der Waals surface area (Å²) >= 11 is 0. The molecule has 0 aliphatic heterocycles. The van der Waals surface area contributed by atoms with Crippen LogP contribution in [-0.4, -0.2) is 25.4 Å². The van der Waals surface area contributed by atoms with E-state index < -0.39 is 0 Å². The summed E-state index contributed by atoms with van der Waals surface area (Å²) in [4.78, 5) is 0. The van der Waals surface area contributed by atoms with Gasteiger partial charge in [0.05, 0.1) is 20.3 Å². The van der Waals surface area contributed by atoms with E-state index in [1.54, 1.807) is 7.11 Å². The molecule has 1 atom stereocenters. The van der Waals surface area contributed by atoms with Crippen LogP contribution in [0.4, 0.5) is 0 Å². The van der Waals surface area contributed by atoms with Crippen molar-refractivity contribution in [2.45, 2.75) is 12.8 Å². The van der Waals surface area contributed by atoms with Crippen LogP contribution in [0, 0.1) is 6.92 Å². The minimum absolute atomic E-state index is 0.0407. The highest BCUT2D eigenvalue weighted by atomic mass is 16.5. The Kier molecular flexibility index (Phi) is 5.02. The van der Waals surface area contributed by atoms with Crippen LogP contribution in [0.25, 0.3) is 0 Å². The van der Waals surface area contributed by atoms with E-state index in [1.807, 2.05) is 55.5 Å². The van der Waals surface area contributed by atoms with Crippen LogP contribution in [0.1, 0.15) is 17.0 Å². The van der Waals surface area contributed by atoms with Crippen molar-refractivity contribution >= 4 is 0 Å². The average molecular weight is 272 g/mol. The minimum Gasteiger partial charge on any atom is -0.497 e. The number of ether oxygens (including phenoxy) is 2. The number of benzene rings is 2. The molecule has 20 heavy (non-hydrogen) atoms. The lowest BCUT2D eigenvalue weighted by Crippen LogP contribution is -2.14.